The molecule has 1 atom stereocenters. The molecule has 1 unspecified atom stereocenters. The van der Waals surface area contributed by atoms with E-state index in [-0.39, 0.29) is 22.8 Å². The Hall–Kier alpha value is -1.08. The summed E-state index contributed by atoms with van der Waals surface area (Å²) in [6.07, 6.45) is 0.894. The van der Waals surface area contributed by atoms with Crippen LogP contribution in [0.4, 0.5) is 5.69 Å². The molecule has 18 heavy (non-hydrogen) atoms. The Bertz CT molecular complexity index is 490. The predicted molar refractivity (Wildman–Crippen MR) is 62.3 cm³/mol. The molecule has 0 aliphatic rings. The van der Waals surface area contributed by atoms with E-state index in [9.17, 15) is 13.2 Å². The molecule has 1 aromatic carbocycles. The normalized spacial score (nSPS) is 12.3. The Labute approximate surface area is 116 Å². The van der Waals surface area contributed by atoms with E-state index in [1.54, 1.807) is 18.2 Å². The SMILES string of the molecule is CS(=O)(=O)N(c1ccccc1)C(CO)C(=O)O.[Cu]. The van der Waals surface area contributed by atoms with Gasteiger partial charge in [0, 0.05) is 17.1 Å². The van der Waals surface area contributed by atoms with Gasteiger partial charge in [0.25, 0.3) is 0 Å². The molecule has 1 rings (SSSR count). The maximum Gasteiger partial charge on any atom is 0.329 e. The first-order chi connectivity index (χ1) is 7.88. The van der Waals surface area contributed by atoms with Crippen LogP contribution in [0.3, 0.4) is 0 Å². The minimum absolute atomic E-state index is 0. The van der Waals surface area contributed by atoms with Crippen LogP contribution in [0, 0.1) is 0 Å². The van der Waals surface area contributed by atoms with Crippen LogP contribution in [0.2, 0.25) is 0 Å². The van der Waals surface area contributed by atoms with Gasteiger partial charge in [-0.3, -0.25) is 4.31 Å². The number of carbonyl (C=O) groups is 1. The zero-order chi connectivity index (χ0) is 13.1. The largest absolute Gasteiger partial charge is 0.480 e. The smallest absolute Gasteiger partial charge is 0.329 e. The molecule has 2 N–H and O–H groups in total. The van der Waals surface area contributed by atoms with E-state index in [4.69, 9.17) is 10.2 Å². The molecule has 6 nitrogen and oxygen atoms in total. The molecule has 0 fully saturated rings. The zero-order valence-electron chi connectivity index (χ0n) is 9.45. The van der Waals surface area contributed by atoms with E-state index in [1.807, 2.05) is 0 Å². The third kappa shape index (κ3) is 3.99. The van der Waals surface area contributed by atoms with Crippen molar-refractivity contribution in [2.24, 2.45) is 0 Å². The predicted octanol–water partition coefficient (Wildman–Crippen LogP) is -0.104. The van der Waals surface area contributed by atoms with Gasteiger partial charge in [0.2, 0.25) is 10.0 Å². The number of anilines is 1. The third-order valence-electron chi connectivity index (χ3n) is 2.11. The number of sulfonamides is 1. The summed E-state index contributed by atoms with van der Waals surface area (Å²) in [5.41, 5.74) is 0.205. The summed E-state index contributed by atoms with van der Waals surface area (Å²) in [5.74, 6) is -1.40. The number of hydrogen-bond donors (Lipinski definition) is 2. The Kier molecular flexibility index (Phi) is 6.34. The molecule has 105 valence electrons. The van der Waals surface area contributed by atoms with Gasteiger partial charge in [0.05, 0.1) is 18.6 Å². The van der Waals surface area contributed by atoms with Crippen molar-refractivity contribution in [3.05, 3.63) is 30.3 Å². The van der Waals surface area contributed by atoms with Crippen molar-refractivity contribution in [2.45, 2.75) is 6.04 Å². The number of carboxylic acid groups (broad SMARTS) is 1. The van der Waals surface area contributed by atoms with Gasteiger partial charge in [0.1, 0.15) is 0 Å². The van der Waals surface area contributed by atoms with Gasteiger partial charge in [-0.25, -0.2) is 13.2 Å². The second-order valence-electron chi connectivity index (χ2n) is 3.43. The van der Waals surface area contributed by atoms with Crippen LogP contribution in [-0.2, 0) is 31.9 Å². The molecule has 0 bridgehead atoms. The fraction of sp³-hybridized carbons (Fsp3) is 0.300. The fourth-order valence-electron chi connectivity index (χ4n) is 1.43. The van der Waals surface area contributed by atoms with E-state index in [0.29, 0.717) is 4.31 Å². The summed E-state index contributed by atoms with van der Waals surface area (Å²) in [5, 5.41) is 17.9. The number of carboxylic acids is 1. The molecule has 8 heteroatoms. The second-order valence-corrected chi connectivity index (χ2v) is 5.29. The summed E-state index contributed by atoms with van der Waals surface area (Å²) < 4.78 is 23.9. The zero-order valence-corrected chi connectivity index (χ0v) is 11.2. The molecule has 0 aliphatic heterocycles. The number of nitrogens with zero attached hydrogens (tertiary/aromatic N) is 1. The van der Waals surface area contributed by atoms with Crippen LogP contribution in [-0.4, -0.2) is 43.5 Å². The number of benzene rings is 1. The third-order valence-corrected chi connectivity index (χ3v) is 3.29. The number of para-hydroxylation sites is 1. The average molecular weight is 323 g/mol. The Morgan fingerprint density at radius 1 is 1.33 bits per heavy atom. The Balaban J connectivity index is 0.00000289. The molecule has 0 saturated carbocycles. The second kappa shape index (κ2) is 6.75. The van der Waals surface area contributed by atoms with Gasteiger partial charge >= 0.3 is 5.97 Å². The Morgan fingerprint density at radius 2 is 1.83 bits per heavy atom. The van der Waals surface area contributed by atoms with Crippen LogP contribution in [0.25, 0.3) is 0 Å². The molecule has 1 aromatic rings. The number of aliphatic hydroxyl groups excluding tert-OH is 1. The average Bonchev–Trinajstić information content (AvgIpc) is 2.24. The van der Waals surface area contributed by atoms with Crippen LogP contribution in [0.15, 0.2) is 30.3 Å². The van der Waals surface area contributed by atoms with Crippen molar-refractivity contribution >= 4 is 21.7 Å². The Morgan fingerprint density at radius 3 is 2.17 bits per heavy atom. The van der Waals surface area contributed by atoms with Gasteiger partial charge < -0.3 is 10.2 Å². The first-order valence-electron chi connectivity index (χ1n) is 4.76. The van der Waals surface area contributed by atoms with E-state index in [0.717, 1.165) is 6.26 Å². The summed E-state index contributed by atoms with van der Waals surface area (Å²) in [4.78, 5) is 10.9. The number of rotatable bonds is 5. The molecule has 0 spiro atoms. The van der Waals surface area contributed by atoms with E-state index < -0.39 is 28.6 Å². The van der Waals surface area contributed by atoms with Crippen molar-refractivity contribution in [3.63, 3.8) is 0 Å². The van der Waals surface area contributed by atoms with Crippen molar-refractivity contribution in [1.29, 1.82) is 0 Å². The van der Waals surface area contributed by atoms with Gasteiger partial charge in [-0.2, -0.15) is 0 Å². The number of aliphatic hydroxyl groups is 1. The summed E-state index contributed by atoms with van der Waals surface area (Å²) in [6, 6.07) is 6.26. The van der Waals surface area contributed by atoms with E-state index >= 15 is 0 Å². The number of aliphatic carboxylic acids is 1. The molecule has 0 saturated heterocycles. The summed E-state index contributed by atoms with van der Waals surface area (Å²) in [7, 11) is -3.78. The minimum Gasteiger partial charge on any atom is -0.480 e. The summed E-state index contributed by atoms with van der Waals surface area (Å²) in [6.45, 7) is -0.794. The monoisotopic (exact) mass is 322 g/mol. The molecule has 0 aliphatic carbocycles. The van der Waals surface area contributed by atoms with Crippen molar-refractivity contribution in [3.8, 4) is 0 Å². The first kappa shape index (κ1) is 16.9. The van der Waals surface area contributed by atoms with Gasteiger partial charge in [0.15, 0.2) is 6.04 Å². The molecule has 0 aromatic heterocycles. The van der Waals surface area contributed by atoms with Crippen LogP contribution in [0.1, 0.15) is 0 Å². The van der Waals surface area contributed by atoms with E-state index in [2.05, 4.69) is 0 Å². The van der Waals surface area contributed by atoms with E-state index in [1.165, 1.54) is 12.1 Å². The minimum atomic E-state index is -3.78. The van der Waals surface area contributed by atoms with Crippen LogP contribution >= 0.6 is 0 Å². The van der Waals surface area contributed by atoms with Crippen molar-refractivity contribution in [2.75, 3.05) is 17.2 Å². The summed E-state index contributed by atoms with van der Waals surface area (Å²) >= 11 is 0. The topological polar surface area (TPSA) is 94.9 Å². The maximum atomic E-state index is 11.6. The molecule has 1 radical (unpaired) electrons. The van der Waals surface area contributed by atoms with Crippen LogP contribution < -0.4 is 4.31 Å². The maximum absolute atomic E-state index is 11.6. The van der Waals surface area contributed by atoms with Gasteiger partial charge in [-0.05, 0) is 12.1 Å². The van der Waals surface area contributed by atoms with Crippen LogP contribution in [0.5, 0.6) is 0 Å². The van der Waals surface area contributed by atoms with Gasteiger partial charge in [-0.1, -0.05) is 18.2 Å². The molecular formula is C10H13CuNO5S. The first-order valence-corrected chi connectivity index (χ1v) is 6.61. The fourth-order valence-corrected chi connectivity index (χ4v) is 2.55. The number of hydrogen-bond acceptors (Lipinski definition) is 4. The van der Waals surface area contributed by atoms with Crippen molar-refractivity contribution < 1.29 is 40.5 Å². The van der Waals surface area contributed by atoms with Crippen molar-refractivity contribution in [1.82, 2.24) is 0 Å². The quantitative estimate of drug-likeness (QED) is 0.738. The molecule has 0 amide bonds. The molecule has 0 heterocycles. The standard InChI is InChI=1S/C10H13NO5S.Cu/c1-17(15,16)11(9(7-12)10(13)14)8-5-3-2-4-6-8;/h2-6,9,12H,7H2,1H3,(H,13,14);. The molecular weight excluding hydrogens is 310 g/mol. The van der Waals surface area contributed by atoms with Gasteiger partial charge in [-0.15, -0.1) is 0 Å².